The molecule has 1 fully saturated rings. The zero-order valence-electron chi connectivity index (χ0n) is 10.2. The molecule has 90 valence electrons. The molecule has 2 rings (SSSR count). The topological polar surface area (TPSA) is 51.0 Å². The van der Waals surface area contributed by atoms with Gasteiger partial charge in [0.2, 0.25) is 11.8 Å². The van der Waals surface area contributed by atoms with Crippen molar-refractivity contribution in [3.8, 4) is 0 Å². The summed E-state index contributed by atoms with van der Waals surface area (Å²) in [7, 11) is 0. The van der Waals surface area contributed by atoms with E-state index in [1.165, 1.54) is 32.1 Å². The Bertz CT molecular complexity index is 324. The number of hydrogen-bond acceptors (Lipinski definition) is 4. The van der Waals surface area contributed by atoms with E-state index in [2.05, 4.69) is 22.4 Å². The molecular weight excluding hydrogens is 202 g/mol. The van der Waals surface area contributed by atoms with Crippen molar-refractivity contribution in [3.05, 3.63) is 11.8 Å². The molecule has 1 aromatic heterocycles. The lowest BCUT2D eigenvalue weighted by atomic mass is 9.83. The lowest BCUT2D eigenvalue weighted by molar-refractivity contribution is 0.247. The summed E-state index contributed by atoms with van der Waals surface area (Å²) in [4.78, 5) is 0. The maximum absolute atomic E-state index is 5.36. The van der Waals surface area contributed by atoms with Crippen molar-refractivity contribution in [3.63, 3.8) is 0 Å². The molecule has 1 saturated carbocycles. The fraction of sp³-hybridized carbons (Fsp3) is 0.833. The van der Waals surface area contributed by atoms with Gasteiger partial charge in [0.05, 0.1) is 6.54 Å². The summed E-state index contributed by atoms with van der Waals surface area (Å²) in [5, 5.41) is 11.4. The summed E-state index contributed by atoms with van der Waals surface area (Å²) in [6.45, 7) is 4.81. The Balaban J connectivity index is 1.84. The van der Waals surface area contributed by atoms with Gasteiger partial charge in [-0.15, -0.1) is 10.2 Å². The minimum atomic E-state index is 0.631. The van der Waals surface area contributed by atoms with Gasteiger partial charge < -0.3 is 9.73 Å². The SMILES string of the molecule is CCC1CCCCC1NCc1nnc(C)o1. The monoisotopic (exact) mass is 223 g/mol. The first-order chi connectivity index (χ1) is 7.79. The first kappa shape index (κ1) is 11.6. The van der Waals surface area contributed by atoms with Crippen LogP contribution in [0.1, 0.15) is 50.8 Å². The van der Waals surface area contributed by atoms with Crippen LogP contribution in [0.3, 0.4) is 0 Å². The molecule has 1 aromatic rings. The van der Waals surface area contributed by atoms with Crippen molar-refractivity contribution in [1.29, 1.82) is 0 Å². The molecule has 2 atom stereocenters. The quantitative estimate of drug-likeness (QED) is 0.851. The van der Waals surface area contributed by atoms with Gasteiger partial charge in [-0.3, -0.25) is 0 Å². The van der Waals surface area contributed by atoms with Crippen LogP contribution in [0.4, 0.5) is 0 Å². The summed E-state index contributed by atoms with van der Waals surface area (Å²) < 4.78 is 5.36. The van der Waals surface area contributed by atoms with E-state index in [1.54, 1.807) is 0 Å². The Morgan fingerprint density at radius 3 is 2.81 bits per heavy atom. The lowest BCUT2D eigenvalue weighted by Gasteiger charge is -2.31. The van der Waals surface area contributed by atoms with E-state index >= 15 is 0 Å². The third-order valence-electron chi connectivity index (χ3n) is 3.52. The first-order valence-electron chi connectivity index (χ1n) is 6.32. The second kappa shape index (κ2) is 5.43. The van der Waals surface area contributed by atoms with E-state index in [9.17, 15) is 0 Å². The van der Waals surface area contributed by atoms with E-state index in [-0.39, 0.29) is 0 Å². The van der Waals surface area contributed by atoms with Crippen LogP contribution >= 0.6 is 0 Å². The predicted molar refractivity (Wildman–Crippen MR) is 61.9 cm³/mol. The van der Waals surface area contributed by atoms with Crippen molar-refractivity contribution in [2.24, 2.45) is 5.92 Å². The molecule has 1 aliphatic carbocycles. The molecule has 16 heavy (non-hydrogen) atoms. The second-order valence-electron chi connectivity index (χ2n) is 4.65. The largest absolute Gasteiger partial charge is 0.424 e. The molecule has 0 amide bonds. The van der Waals surface area contributed by atoms with Gasteiger partial charge in [-0.2, -0.15) is 0 Å². The highest BCUT2D eigenvalue weighted by Crippen LogP contribution is 2.26. The Hall–Kier alpha value is -0.900. The van der Waals surface area contributed by atoms with Crippen molar-refractivity contribution < 1.29 is 4.42 Å². The van der Waals surface area contributed by atoms with Crippen molar-refractivity contribution in [2.45, 2.75) is 58.5 Å². The Labute approximate surface area is 96.8 Å². The summed E-state index contributed by atoms with van der Waals surface area (Å²) in [6, 6.07) is 0.631. The van der Waals surface area contributed by atoms with Crippen LogP contribution in [0.25, 0.3) is 0 Å². The second-order valence-corrected chi connectivity index (χ2v) is 4.65. The molecule has 1 heterocycles. The Morgan fingerprint density at radius 2 is 2.12 bits per heavy atom. The molecule has 1 N–H and O–H groups in total. The van der Waals surface area contributed by atoms with E-state index in [0.717, 1.165) is 5.92 Å². The number of hydrogen-bond donors (Lipinski definition) is 1. The third kappa shape index (κ3) is 2.82. The highest BCUT2D eigenvalue weighted by molar-refractivity contribution is 4.84. The molecule has 0 aliphatic heterocycles. The van der Waals surface area contributed by atoms with Crippen LogP contribution in [-0.2, 0) is 6.54 Å². The van der Waals surface area contributed by atoms with Crippen LogP contribution in [0.2, 0.25) is 0 Å². The molecule has 0 bridgehead atoms. The number of aromatic nitrogens is 2. The molecular formula is C12H21N3O. The fourth-order valence-corrected chi connectivity index (χ4v) is 2.59. The van der Waals surface area contributed by atoms with Gasteiger partial charge in [-0.05, 0) is 18.8 Å². The normalized spacial score (nSPS) is 25.9. The van der Waals surface area contributed by atoms with Gasteiger partial charge in [0, 0.05) is 13.0 Å². The van der Waals surface area contributed by atoms with Gasteiger partial charge >= 0.3 is 0 Å². The average molecular weight is 223 g/mol. The first-order valence-corrected chi connectivity index (χ1v) is 6.32. The minimum absolute atomic E-state index is 0.631. The van der Waals surface area contributed by atoms with Gasteiger partial charge in [0.25, 0.3) is 0 Å². The van der Waals surface area contributed by atoms with E-state index in [4.69, 9.17) is 4.42 Å². The molecule has 1 aliphatic rings. The Morgan fingerprint density at radius 1 is 1.31 bits per heavy atom. The zero-order valence-corrected chi connectivity index (χ0v) is 10.2. The molecule has 4 nitrogen and oxygen atoms in total. The van der Waals surface area contributed by atoms with Gasteiger partial charge in [-0.1, -0.05) is 26.2 Å². The molecule has 4 heteroatoms. The van der Waals surface area contributed by atoms with Gasteiger partial charge in [0.1, 0.15) is 0 Å². The molecule has 0 spiro atoms. The lowest BCUT2D eigenvalue weighted by Crippen LogP contribution is -2.37. The maximum atomic E-state index is 5.36. The van der Waals surface area contributed by atoms with Crippen molar-refractivity contribution in [2.75, 3.05) is 0 Å². The van der Waals surface area contributed by atoms with Crippen LogP contribution in [-0.4, -0.2) is 16.2 Å². The molecule has 0 aromatic carbocycles. The number of nitrogens with zero attached hydrogens (tertiary/aromatic N) is 2. The van der Waals surface area contributed by atoms with Crippen LogP contribution in [0.5, 0.6) is 0 Å². The summed E-state index contributed by atoms with van der Waals surface area (Å²) in [5.41, 5.74) is 0. The van der Waals surface area contributed by atoms with E-state index < -0.39 is 0 Å². The van der Waals surface area contributed by atoms with Crippen molar-refractivity contribution in [1.82, 2.24) is 15.5 Å². The Kier molecular flexibility index (Phi) is 3.93. The highest BCUT2D eigenvalue weighted by atomic mass is 16.4. The maximum Gasteiger partial charge on any atom is 0.230 e. The summed E-state index contributed by atoms with van der Waals surface area (Å²) in [6.07, 6.45) is 6.64. The predicted octanol–water partition coefficient (Wildman–Crippen LogP) is 2.44. The summed E-state index contributed by atoms with van der Waals surface area (Å²) >= 11 is 0. The molecule has 0 saturated heterocycles. The highest BCUT2D eigenvalue weighted by Gasteiger charge is 2.23. The zero-order chi connectivity index (χ0) is 11.4. The summed E-state index contributed by atoms with van der Waals surface area (Å²) in [5.74, 6) is 2.17. The van der Waals surface area contributed by atoms with E-state index in [0.29, 0.717) is 24.4 Å². The van der Waals surface area contributed by atoms with Crippen LogP contribution in [0.15, 0.2) is 4.42 Å². The third-order valence-corrected chi connectivity index (χ3v) is 3.52. The van der Waals surface area contributed by atoms with Gasteiger partial charge in [-0.25, -0.2) is 0 Å². The molecule has 2 unspecified atom stereocenters. The minimum Gasteiger partial charge on any atom is -0.424 e. The molecule has 0 radical (unpaired) electrons. The number of nitrogens with one attached hydrogen (secondary N) is 1. The standard InChI is InChI=1S/C12H21N3O/c1-3-10-6-4-5-7-11(10)13-8-12-15-14-9(2)16-12/h10-11,13H,3-8H2,1-2H3. The van der Waals surface area contributed by atoms with Gasteiger partial charge in [0.15, 0.2) is 0 Å². The van der Waals surface area contributed by atoms with E-state index in [1.807, 2.05) is 6.92 Å². The van der Waals surface area contributed by atoms with Crippen LogP contribution in [0, 0.1) is 12.8 Å². The van der Waals surface area contributed by atoms with Crippen molar-refractivity contribution >= 4 is 0 Å². The van der Waals surface area contributed by atoms with Crippen LogP contribution < -0.4 is 5.32 Å². The number of rotatable bonds is 4. The fourth-order valence-electron chi connectivity index (χ4n) is 2.59. The smallest absolute Gasteiger partial charge is 0.230 e. The number of aryl methyl sites for hydroxylation is 1. The average Bonchev–Trinajstić information content (AvgIpc) is 2.73.